The molecule has 204 valence electrons. The Kier molecular flexibility index (Phi) is 7.57. The number of carbonyl (C=O) groups excluding carboxylic acids is 2. The monoisotopic (exact) mass is 543 g/mol. The van der Waals surface area contributed by atoms with Crippen molar-refractivity contribution >= 4 is 40.9 Å². The fraction of sp³-hybridized carbons (Fsp3) is 0.500. The summed E-state index contributed by atoms with van der Waals surface area (Å²) < 4.78 is 18.0. The number of thioether (sulfide) groups is 1. The smallest absolute Gasteiger partial charge is 0.427 e. The van der Waals surface area contributed by atoms with Crippen molar-refractivity contribution in [3.05, 3.63) is 35.5 Å². The number of aliphatic hydroxyl groups is 1. The van der Waals surface area contributed by atoms with Gasteiger partial charge in [-0.3, -0.25) is 0 Å². The summed E-state index contributed by atoms with van der Waals surface area (Å²) >= 11 is 1.31. The van der Waals surface area contributed by atoms with Crippen molar-refractivity contribution in [2.75, 3.05) is 17.8 Å². The lowest BCUT2D eigenvalue weighted by Gasteiger charge is -2.27. The van der Waals surface area contributed by atoms with Crippen LogP contribution in [-0.2, 0) is 22.4 Å². The van der Waals surface area contributed by atoms with Gasteiger partial charge >= 0.3 is 12.2 Å². The molecule has 0 spiro atoms. The number of aliphatic hydroxyl groups excluding tert-OH is 1. The summed E-state index contributed by atoms with van der Waals surface area (Å²) in [4.78, 5) is 36.4. The minimum Gasteiger partial charge on any atom is -0.497 e. The minimum atomic E-state index is -0.960. The van der Waals surface area contributed by atoms with Gasteiger partial charge in [-0.25, -0.2) is 19.3 Å². The number of nitrogens with zero attached hydrogens (tertiary/aromatic N) is 5. The molecule has 0 saturated carbocycles. The van der Waals surface area contributed by atoms with Crippen molar-refractivity contribution < 1.29 is 28.9 Å². The third-order valence-electron chi connectivity index (χ3n) is 5.30. The first kappa shape index (κ1) is 27.6. The van der Waals surface area contributed by atoms with Crippen LogP contribution in [0.3, 0.4) is 0 Å². The number of anilines is 1. The lowest BCUT2D eigenvalue weighted by molar-refractivity contribution is 0.0427. The molecule has 0 fully saturated rings. The Morgan fingerprint density at radius 1 is 1.05 bits per heavy atom. The van der Waals surface area contributed by atoms with E-state index in [1.807, 2.05) is 24.3 Å². The molecule has 1 aromatic carbocycles. The molecule has 1 aliphatic rings. The van der Waals surface area contributed by atoms with Gasteiger partial charge in [-0.2, -0.15) is 10.1 Å². The lowest BCUT2D eigenvalue weighted by atomic mass is 10.2. The summed E-state index contributed by atoms with van der Waals surface area (Å²) in [7, 11) is 1.60. The lowest BCUT2D eigenvalue weighted by Crippen LogP contribution is -2.44. The van der Waals surface area contributed by atoms with Crippen LogP contribution in [-0.4, -0.2) is 67.2 Å². The average Bonchev–Trinajstić information content (AvgIpc) is 3.03. The van der Waals surface area contributed by atoms with E-state index in [9.17, 15) is 14.7 Å². The second-order valence-electron chi connectivity index (χ2n) is 10.9. The van der Waals surface area contributed by atoms with Crippen molar-refractivity contribution in [3.8, 4) is 5.75 Å². The third-order valence-corrected chi connectivity index (χ3v) is 6.42. The first-order chi connectivity index (χ1) is 17.7. The van der Waals surface area contributed by atoms with Crippen molar-refractivity contribution in [1.29, 1.82) is 0 Å². The quantitative estimate of drug-likeness (QED) is 0.467. The molecule has 2 amide bonds. The van der Waals surface area contributed by atoms with Crippen LogP contribution in [0.1, 0.15) is 52.8 Å². The zero-order valence-electron chi connectivity index (χ0n) is 22.6. The molecule has 2 aromatic heterocycles. The van der Waals surface area contributed by atoms with Crippen LogP contribution >= 0.6 is 11.8 Å². The van der Waals surface area contributed by atoms with E-state index in [1.54, 1.807) is 53.3 Å². The number of amides is 2. The Morgan fingerprint density at radius 3 is 2.21 bits per heavy atom. The molecule has 3 aromatic rings. The number of hydrogen-bond acceptors (Lipinski definition) is 10. The highest BCUT2D eigenvalue weighted by molar-refractivity contribution is 7.99. The summed E-state index contributed by atoms with van der Waals surface area (Å²) in [6.07, 6.45) is -2.23. The molecule has 0 aliphatic carbocycles. The largest absolute Gasteiger partial charge is 0.497 e. The van der Waals surface area contributed by atoms with E-state index in [1.165, 1.54) is 11.8 Å². The highest BCUT2D eigenvalue weighted by Gasteiger charge is 2.36. The van der Waals surface area contributed by atoms with Gasteiger partial charge in [-0.1, -0.05) is 12.1 Å². The Hall–Kier alpha value is -3.38. The van der Waals surface area contributed by atoms with Gasteiger partial charge in [0.05, 0.1) is 30.8 Å². The number of rotatable bonds is 4. The third kappa shape index (κ3) is 6.36. The molecule has 1 atom stereocenters. The van der Waals surface area contributed by atoms with E-state index in [2.05, 4.69) is 9.97 Å². The van der Waals surface area contributed by atoms with Gasteiger partial charge in [0.1, 0.15) is 22.0 Å². The van der Waals surface area contributed by atoms with E-state index in [-0.39, 0.29) is 5.95 Å². The summed E-state index contributed by atoms with van der Waals surface area (Å²) in [5, 5.41) is 16.4. The zero-order valence-corrected chi connectivity index (χ0v) is 23.5. The summed E-state index contributed by atoms with van der Waals surface area (Å²) in [5.74, 6) is 0.910. The van der Waals surface area contributed by atoms with Gasteiger partial charge in [0.2, 0.25) is 5.95 Å². The maximum atomic E-state index is 13.2. The van der Waals surface area contributed by atoms with Crippen molar-refractivity contribution in [1.82, 2.24) is 19.7 Å². The van der Waals surface area contributed by atoms with Gasteiger partial charge in [-0.05, 0) is 59.2 Å². The molecule has 11 nitrogen and oxygen atoms in total. The normalized spacial score (nSPS) is 15.6. The number of ether oxygens (including phenoxy) is 3. The van der Waals surface area contributed by atoms with Gasteiger partial charge in [0.25, 0.3) is 0 Å². The molecule has 1 unspecified atom stereocenters. The minimum absolute atomic E-state index is 0.192. The van der Waals surface area contributed by atoms with E-state index >= 15 is 0 Å². The second kappa shape index (κ2) is 10.4. The molecular weight excluding hydrogens is 510 g/mol. The number of hydrogen-bond donors (Lipinski definition) is 1. The van der Waals surface area contributed by atoms with E-state index in [0.29, 0.717) is 45.4 Å². The fourth-order valence-electron chi connectivity index (χ4n) is 3.77. The molecule has 38 heavy (non-hydrogen) atoms. The predicted molar refractivity (Wildman–Crippen MR) is 143 cm³/mol. The number of aromatic nitrogens is 4. The Morgan fingerprint density at radius 2 is 1.66 bits per heavy atom. The second-order valence-corrected chi connectivity index (χ2v) is 12.0. The average molecular weight is 544 g/mol. The summed E-state index contributed by atoms with van der Waals surface area (Å²) in [6.45, 7) is 10.5. The SMILES string of the molecule is COc1ccc(Cn2nc3c4c(nc(N(C(=O)OC(C)(C)C)C(=O)OC(C)(C)C)nc42)SCC(O)C3)cc1. The van der Waals surface area contributed by atoms with E-state index < -0.39 is 29.5 Å². The summed E-state index contributed by atoms with van der Waals surface area (Å²) in [5.41, 5.74) is 0.248. The fourth-order valence-corrected chi connectivity index (χ4v) is 4.74. The Balaban J connectivity index is 1.85. The molecule has 0 saturated heterocycles. The molecule has 12 heteroatoms. The van der Waals surface area contributed by atoms with Gasteiger partial charge in [-0.15, -0.1) is 16.7 Å². The maximum absolute atomic E-state index is 13.2. The van der Waals surface area contributed by atoms with Crippen LogP contribution in [0, 0.1) is 0 Å². The highest BCUT2D eigenvalue weighted by Crippen LogP contribution is 2.35. The number of methoxy groups -OCH3 is 1. The topological polar surface area (TPSA) is 129 Å². The van der Waals surface area contributed by atoms with Gasteiger partial charge < -0.3 is 19.3 Å². The van der Waals surface area contributed by atoms with Gasteiger partial charge in [0, 0.05) is 12.2 Å². The van der Waals surface area contributed by atoms with Crippen LogP contribution in [0.4, 0.5) is 15.5 Å². The standard InChI is InChI=1S/C26H33N5O6S/c1-25(2,3)36-23(33)31(24(34)37-26(4,5)6)22-27-20-19-18(12-16(32)14-38-21(19)28-22)29-30(20)13-15-8-10-17(35-7)11-9-15/h8-11,16,32H,12-14H2,1-7H3. The van der Waals surface area contributed by atoms with E-state index in [0.717, 1.165) is 11.3 Å². The van der Waals surface area contributed by atoms with Crippen LogP contribution in [0.15, 0.2) is 29.3 Å². The summed E-state index contributed by atoms with van der Waals surface area (Å²) in [6, 6.07) is 7.53. The highest BCUT2D eigenvalue weighted by atomic mass is 32.2. The molecule has 4 rings (SSSR count). The van der Waals surface area contributed by atoms with Crippen LogP contribution in [0.2, 0.25) is 0 Å². The van der Waals surface area contributed by atoms with Crippen LogP contribution < -0.4 is 9.64 Å². The van der Waals surface area contributed by atoms with Gasteiger partial charge in [0.15, 0.2) is 5.65 Å². The molecule has 3 heterocycles. The van der Waals surface area contributed by atoms with Crippen molar-refractivity contribution in [2.45, 2.75) is 76.8 Å². The first-order valence-electron chi connectivity index (χ1n) is 12.2. The zero-order chi connectivity index (χ0) is 27.8. The Bertz CT molecular complexity index is 1320. The first-order valence-corrected chi connectivity index (χ1v) is 13.2. The number of imide groups is 1. The van der Waals surface area contributed by atoms with Crippen molar-refractivity contribution in [2.24, 2.45) is 0 Å². The number of carbonyl (C=O) groups is 2. The van der Waals surface area contributed by atoms with E-state index in [4.69, 9.17) is 19.3 Å². The Labute approximate surface area is 225 Å². The van der Waals surface area contributed by atoms with Crippen LogP contribution in [0.25, 0.3) is 11.0 Å². The van der Waals surface area contributed by atoms with Crippen molar-refractivity contribution in [3.63, 3.8) is 0 Å². The molecule has 1 N–H and O–H groups in total. The molecule has 0 bridgehead atoms. The predicted octanol–water partition coefficient (Wildman–Crippen LogP) is 4.57. The molecular formula is C26H33N5O6S. The molecule has 1 aliphatic heterocycles. The maximum Gasteiger partial charge on any atom is 0.427 e. The number of benzene rings is 1. The van der Waals surface area contributed by atoms with Crippen LogP contribution in [0.5, 0.6) is 5.75 Å². The molecule has 0 radical (unpaired) electrons.